The minimum atomic E-state index is -2.61. The van der Waals surface area contributed by atoms with Gasteiger partial charge in [-0.25, -0.2) is 8.78 Å². The van der Waals surface area contributed by atoms with Gasteiger partial charge in [-0.3, -0.25) is 4.79 Å². The van der Waals surface area contributed by atoms with Crippen molar-refractivity contribution >= 4 is 5.91 Å². The third-order valence-corrected chi connectivity index (χ3v) is 7.51. The molecule has 0 unspecified atom stereocenters. The first-order valence-electron chi connectivity index (χ1n) is 10.9. The number of carbonyl (C=O) groups excluding carboxylic acids is 1. The predicted octanol–water partition coefficient (Wildman–Crippen LogP) is 4.73. The molecule has 4 aliphatic rings. The zero-order chi connectivity index (χ0) is 20.4. The number of fused-ring (bicyclic) bond motifs is 4. The van der Waals surface area contributed by atoms with Crippen LogP contribution in [0.25, 0.3) is 0 Å². The standard InChI is InChI=1S/C23H29F2NO3/c1-22(2)16-13-17-19(28-20(16)15-5-3-4-6-18(15)29-22)9-12-26(17)21(27)14-7-10-23(24,25)11-8-14/h3-6,14,16-17,19-20H,7-13H2,1-2H3/t16-,17-,19-,20+/m1/s1. The van der Waals surface area contributed by atoms with Gasteiger partial charge in [0.25, 0.3) is 0 Å². The number of nitrogens with zero attached hydrogens (tertiary/aromatic N) is 1. The van der Waals surface area contributed by atoms with Crippen LogP contribution < -0.4 is 4.74 Å². The van der Waals surface area contributed by atoms with Crippen molar-refractivity contribution in [3.8, 4) is 5.75 Å². The lowest BCUT2D eigenvalue weighted by Crippen LogP contribution is -2.55. The molecule has 1 amide bonds. The molecule has 3 heterocycles. The van der Waals surface area contributed by atoms with Gasteiger partial charge in [0.1, 0.15) is 11.4 Å². The largest absolute Gasteiger partial charge is 0.487 e. The van der Waals surface area contributed by atoms with Crippen molar-refractivity contribution in [3.05, 3.63) is 29.8 Å². The van der Waals surface area contributed by atoms with Crippen molar-refractivity contribution in [1.29, 1.82) is 0 Å². The average Bonchev–Trinajstić information content (AvgIpc) is 3.09. The molecule has 6 heteroatoms. The number of halogens is 2. The minimum Gasteiger partial charge on any atom is -0.487 e. The van der Waals surface area contributed by atoms with Crippen molar-refractivity contribution < 1.29 is 23.0 Å². The Bertz CT molecular complexity index is 801. The number of alkyl halides is 2. The van der Waals surface area contributed by atoms with Gasteiger partial charge in [-0.2, -0.15) is 0 Å². The Morgan fingerprint density at radius 2 is 1.86 bits per heavy atom. The van der Waals surface area contributed by atoms with Crippen molar-refractivity contribution in [1.82, 2.24) is 4.90 Å². The maximum Gasteiger partial charge on any atom is 0.248 e. The summed E-state index contributed by atoms with van der Waals surface area (Å²) in [5, 5.41) is 0. The Kier molecular flexibility index (Phi) is 4.43. The van der Waals surface area contributed by atoms with Crippen LogP contribution in [0, 0.1) is 11.8 Å². The molecule has 0 radical (unpaired) electrons. The van der Waals surface area contributed by atoms with Gasteiger partial charge in [-0.15, -0.1) is 0 Å². The van der Waals surface area contributed by atoms with E-state index in [1.54, 1.807) is 0 Å². The van der Waals surface area contributed by atoms with Crippen LogP contribution in [-0.4, -0.2) is 41.0 Å². The van der Waals surface area contributed by atoms with Gasteiger partial charge in [0.15, 0.2) is 0 Å². The fourth-order valence-electron chi connectivity index (χ4n) is 5.83. The maximum atomic E-state index is 13.5. The van der Waals surface area contributed by atoms with Crippen LogP contribution in [0.1, 0.15) is 64.0 Å². The number of carbonyl (C=O) groups is 1. The van der Waals surface area contributed by atoms with E-state index in [1.165, 1.54) is 0 Å². The van der Waals surface area contributed by atoms with Gasteiger partial charge >= 0.3 is 0 Å². The van der Waals surface area contributed by atoms with Gasteiger partial charge in [0, 0.05) is 36.8 Å². The average molecular weight is 405 g/mol. The van der Waals surface area contributed by atoms with Gasteiger partial charge in [-0.1, -0.05) is 18.2 Å². The Labute approximate surface area is 170 Å². The summed E-state index contributed by atoms with van der Waals surface area (Å²) in [6, 6.07) is 8.06. The summed E-state index contributed by atoms with van der Waals surface area (Å²) in [5.41, 5.74) is 0.698. The number of para-hydroxylation sites is 1. The zero-order valence-corrected chi connectivity index (χ0v) is 17.1. The molecule has 4 nitrogen and oxygen atoms in total. The topological polar surface area (TPSA) is 38.8 Å². The Morgan fingerprint density at radius 1 is 1.14 bits per heavy atom. The molecule has 5 rings (SSSR count). The molecule has 1 aromatic rings. The van der Waals surface area contributed by atoms with Crippen molar-refractivity contribution in [2.24, 2.45) is 11.8 Å². The number of hydrogen-bond acceptors (Lipinski definition) is 3. The molecule has 0 bridgehead atoms. The number of likely N-dealkylation sites (tertiary alicyclic amines) is 1. The van der Waals surface area contributed by atoms with Crippen LogP contribution in [-0.2, 0) is 9.53 Å². The van der Waals surface area contributed by atoms with Crippen LogP contribution in [0.5, 0.6) is 5.75 Å². The summed E-state index contributed by atoms with van der Waals surface area (Å²) in [4.78, 5) is 15.1. The monoisotopic (exact) mass is 405 g/mol. The molecule has 2 saturated heterocycles. The summed E-state index contributed by atoms with van der Waals surface area (Å²) in [7, 11) is 0. The number of benzene rings is 1. The van der Waals surface area contributed by atoms with E-state index in [2.05, 4.69) is 19.9 Å². The summed E-state index contributed by atoms with van der Waals surface area (Å²) in [5.74, 6) is -1.82. The third kappa shape index (κ3) is 3.24. The number of ether oxygens (including phenoxy) is 2. The van der Waals surface area contributed by atoms with Crippen LogP contribution in [0.2, 0.25) is 0 Å². The summed E-state index contributed by atoms with van der Waals surface area (Å²) < 4.78 is 39.9. The second kappa shape index (κ2) is 6.66. The van der Waals surface area contributed by atoms with Gasteiger partial charge in [-0.05, 0) is 45.6 Å². The summed E-state index contributed by atoms with van der Waals surface area (Å²) in [6.45, 7) is 4.84. The van der Waals surface area contributed by atoms with E-state index >= 15 is 0 Å². The molecular formula is C23H29F2NO3. The Morgan fingerprint density at radius 3 is 2.62 bits per heavy atom. The van der Waals surface area contributed by atoms with E-state index in [1.807, 2.05) is 23.1 Å². The van der Waals surface area contributed by atoms with Crippen LogP contribution >= 0.6 is 0 Å². The Balaban J connectivity index is 1.36. The first-order valence-corrected chi connectivity index (χ1v) is 10.9. The lowest BCUT2D eigenvalue weighted by molar-refractivity contribution is -0.170. The SMILES string of the molecule is CC1(C)Oc2ccccc2[C@@H]2O[C@@H]3CCN(C(=O)C4CCC(F)(F)CC4)[C@@H]3C[C@H]21. The second-order valence-electron chi connectivity index (χ2n) is 9.70. The van der Waals surface area contributed by atoms with E-state index in [0.29, 0.717) is 6.54 Å². The molecular weight excluding hydrogens is 376 g/mol. The molecule has 4 atom stereocenters. The smallest absolute Gasteiger partial charge is 0.248 e. The van der Waals surface area contributed by atoms with Gasteiger partial charge in [0.2, 0.25) is 11.8 Å². The van der Waals surface area contributed by atoms with E-state index in [9.17, 15) is 13.6 Å². The molecule has 29 heavy (non-hydrogen) atoms. The second-order valence-corrected chi connectivity index (χ2v) is 9.70. The number of amides is 1. The number of rotatable bonds is 1. The predicted molar refractivity (Wildman–Crippen MR) is 104 cm³/mol. The van der Waals surface area contributed by atoms with Crippen LogP contribution in [0.15, 0.2) is 24.3 Å². The highest BCUT2D eigenvalue weighted by molar-refractivity contribution is 5.79. The first kappa shape index (κ1) is 19.3. The van der Waals surface area contributed by atoms with E-state index < -0.39 is 11.5 Å². The van der Waals surface area contributed by atoms with Crippen molar-refractivity contribution in [2.75, 3.05) is 6.54 Å². The lowest BCUT2D eigenvalue weighted by atomic mass is 9.74. The summed E-state index contributed by atoms with van der Waals surface area (Å²) in [6.07, 6.45) is 1.83. The highest BCUT2D eigenvalue weighted by Gasteiger charge is 2.54. The zero-order valence-electron chi connectivity index (χ0n) is 17.1. The fourth-order valence-corrected chi connectivity index (χ4v) is 5.83. The summed E-state index contributed by atoms with van der Waals surface area (Å²) >= 11 is 0. The quantitative estimate of drug-likeness (QED) is 0.678. The highest BCUT2D eigenvalue weighted by Crippen LogP contribution is 2.52. The van der Waals surface area contributed by atoms with E-state index in [-0.39, 0.29) is 61.7 Å². The van der Waals surface area contributed by atoms with Gasteiger partial charge < -0.3 is 14.4 Å². The number of hydrogen-bond donors (Lipinski definition) is 0. The normalized spacial score (nSPS) is 35.2. The molecule has 158 valence electrons. The maximum absolute atomic E-state index is 13.5. The minimum absolute atomic E-state index is 0.00666. The molecule has 0 aromatic heterocycles. The fraction of sp³-hybridized carbons (Fsp3) is 0.696. The molecule has 1 saturated carbocycles. The van der Waals surface area contributed by atoms with Crippen LogP contribution in [0.3, 0.4) is 0 Å². The molecule has 1 aromatic carbocycles. The van der Waals surface area contributed by atoms with E-state index in [0.717, 1.165) is 24.2 Å². The molecule has 3 aliphatic heterocycles. The van der Waals surface area contributed by atoms with Crippen LogP contribution in [0.4, 0.5) is 8.78 Å². The lowest BCUT2D eigenvalue weighted by Gasteiger charge is -2.51. The Hall–Kier alpha value is -1.69. The molecule has 0 spiro atoms. The first-order chi connectivity index (χ1) is 13.8. The third-order valence-electron chi connectivity index (χ3n) is 7.51. The molecule has 3 fully saturated rings. The molecule has 1 aliphatic carbocycles. The molecule has 0 N–H and O–H groups in total. The van der Waals surface area contributed by atoms with Crippen molar-refractivity contribution in [3.63, 3.8) is 0 Å². The highest BCUT2D eigenvalue weighted by atomic mass is 19.3. The van der Waals surface area contributed by atoms with Crippen molar-refractivity contribution in [2.45, 2.75) is 82.1 Å². The van der Waals surface area contributed by atoms with E-state index in [4.69, 9.17) is 9.47 Å². The van der Waals surface area contributed by atoms with Gasteiger partial charge in [0.05, 0.1) is 18.2 Å².